The Labute approximate surface area is 112 Å². The van der Waals surface area contributed by atoms with Crippen molar-refractivity contribution < 1.29 is 4.42 Å². The van der Waals surface area contributed by atoms with Gasteiger partial charge in [-0.25, -0.2) is 4.98 Å². The second-order valence-electron chi connectivity index (χ2n) is 4.18. The molecule has 18 heavy (non-hydrogen) atoms. The quantitative estimate of drug-likeness (QED) is 0.780. The Balaban J connectivity index is 1.70. The molecule has 0 fully saturated rings. The molecule has 0 radical (unpaired) electrons. The van der Waals surface area contributed by atoms with Gasteiger partial charge in [-0.15, -0.1) is 0 Å². The number of aryl methyl sites for hydroxylation is 1. The van der Waals surface area contributed by atoms with Crippen LogP contribution in [-0.2, 0) is 25.8 Å². The fraction of sp³-hybridized carbons (Fsp3) is 0.462. The van der Waals surface area contributed by atoms with Crippen LogP contribution in [0.25, 0.3) is 0 Å². The molecular formula is C13H19N3OS. The second kappa shape index (κ2) is 6.66. The highest BCUT2D eigenvalue weighted by Crippen LogP contribution is 2.13. The Kier molecular flexibility index (Phi) is 4.90. The van der Waals surface area contributed by atoms with Gasteiger partial charge in [-0.05, 0) is 18.4 Å². The van der Waals surface area contributed by atoms with Gasteiger partial charge in [0.15, 0.2) is 0 Å². The molecule has 0 amide bonds. The van der Waals surface area contributed by atoms with E-state index in [1.165, 1.54) is 0 Å². The van der Waals surface area contributed by atoms with Gasteiger partial charge in [0.2, 0.25) is 0 Å². The van der Waals surface area contributed by atoms with Crippen LogP contribution in [0.4, 0.5) is 0 Å². The van der Waals surface area contributed by atoms with Crippen LogP contribution in [0.2, 0.25) is 0 Å². The Morgan fingerprint density at radius 2 is 2.22 bits per heavy atom. The van der Waals surface area contributed by atoms with Crippen molar-refractivity contribution in [2.24, 2.45) is 7.05 Å². The molecule has 2 heterocycles. The Bertz CT molecular complexity index is 478. The Hall–Kier alpha value is -1.20. The van der Waals surface area contributed by atoms with Gasteiger partial charge in [-0.3, -0.25) is 0 Å². The zero-order valence-corrected chi connectivity index (χ0v) is 11.7. The van der Waals surface area contributed by atoms with Crippen LogP contribution < -0.4 is 5.32 Å². The average Bonchev–Trinajstić information content (AvgIpc) is 2.95. The highest BCUT2D eigenvalue weighted by atomic mass is 32.2. The summed E-state index contributed by atoms with van der Waals surface area (Å²) in [5, 5.41) is 3.37. The van der Waals surface area contributed by atoms with E-state index in [4.69, 9.17) is 4.42 Å². The second-order valence-corrected chi connectivity index (χ2v) is 5.05. The lowest BCUT2D eigenvalue weighted by atomic mass is 10.3. The van der Waals surface area contributed by atoms with Crippen molar-refractivity contribution >= 4 is 11.8 Å². The fourth-order valence-electron chi connectivity index (χ4n) is 1.79. The maximum absolute atomic E-state index is 5.68. The zero-order chi connectivity index (χ0) is 12.8. The first-order valence-corrected chi connectivity index (χ1v) is 7.42. The summed E-state index contributed by atoms with van der Waals surface area (Å²) in [5.41, 5.74) is 0. The molecule has 0 aliphatic carbocycles. The van der Waals surface area contributed by atoms with Crippen LogP contribution in [0.3, 0.4) is 0 Å². The van der Waals surface area contributed by atoms with Crippen LogP contribution in [0.15, 0.2) is 28.9 Å². The number of hydrogen-bond donors (Lipinski definition) is 1. The molecule has 2 aromatic heterocycles. The number of rotatable bonds is 7. The monoisotopic (exact) mass is 265 g/mol. The molecule has 0 aromatic carbocycles. The third-order valence-corrected chi connectivity index (χ3v) is 3.32. The summed E-state index contributed by atoms with van der Waals surface area (Å²) >= 11 is 1.77. The molecule has 98 valence electrons. The molecule has 0 unspecified atom stereocenters. The Morgan fingerprint density at radius 3 is 2.94 bits per heavy atom. The van der Waals surface area contributed by atoms with Crippen molar-refractivity contribution in [2.75, 3.05) is 12.8 Å². The minimum atomic E-state index is 0.777. The maximum atomic E-state index is 5.68. The van der Waals surface area contributed by atoms with Gasteiger partial charge in [-0.2, -0.15) is 11.8 Å². The van der Waals surface area contributed by atoms with Crippen molar-refractivity contribution in [2.45, 2.75) is 18.7 Å². The summed E-state index contributed by atoms with van der Waals surface area (Å²) < 4.78 is 7.73. The van der Waals surface area contributed by atoms with E-state index in [-0.39, 0.29) is 0 Å². The van der Waals surface area contributed by atoms with E-state index in [2.05, 4.69) is 16.6 Å². The number of furan rings is 1. The van der Waals surface area contributed by atoms with E-state index < -0.39 is 0 Å². The lowest BCUT2D eigenvalue weighted by Gasteiger charge is -2.03. The normalized spacial score (nSPS) is 11.0. The summed E-state index contributed by atoms with van der Waals surface area (Å²) in [4.78, 5) is 4.29. The van der Waals surface area contributed by atoms with Crippen molar-refractivity contribution in [3.8, 4) is 0 Å². The SMILES string of the molecule is CSCc1ccc(CNCCc2nccn2C)o1. The number of hydrogen-bond acceptors (Lipinski definition) is 4. The molecule has 0 aliphatic heterocycles. The van der Waals surface area contributed by atoms with Gasteiger partial charge >= 0.3 is 0 Å². The molecule has 4 nitrogen and oxygen atoms in total. The smallest absolute Gasteiger partial charge is 0.117 e. The van der Waals surface area contributed by atoms with Crippen LogP contribution in [0, 0.1) is 0 Å². The topological polar surface area (TPSA) is 43.0 Å². The summed E-state index contributed by atoms with van der Waals surface area (Å²) in [7, 11) is 2.02. The highest BCUT2D eigenvalue weighted by Gasteiger charge is 2.02. The first kappa shape index (κ1) is 13.2. The number of aromatic nitrogens is 2. The van der Waals surface area contributed by atoms with E-state index in [0.717, 1.165) is 42.6 Å². The molecule has 5 heteroatoms. The fourth-order valence-corrected chi connectivity index (χ4v) is 2.23. The lowest BCUT2D eigenvalue weighted by molar-refractivity contribution is 0.459. The van der Waals surface area contributed by atoms with Crippen LogP contribution in [0.5, 0.6) is 0 Å². The molecule has 0 atom stereocenters. The molecular weight excluding hydrogens is 246 g/mol. The molecule has 2 aromatic rings. The minimum absolute atomic E-state index is 0.777. The predicted octanol–water partition coefficient (Wildman–Crippen LogP) is 2.21. The average molecular weight is 265 g/mol. The van der Waals surface area contributed by atoms with E-state index >= 15 is 0 Å². The van der Waals surface area contributed by atoms with Gasteiger partial charge < -0.3 is 14.3 Å². The molecule has 0 spiro atoms. The third-order valence-electron chi connectivity index (χ3n) is 2.75. The lowest BCUT2D eigenvalue weighted by Crippen LogP contribution is -2.17. The van der Waals surface area contributed by atoms with E-state index in [9.17, 15) is 0 Å². The molecule has 0 saturated heterocycles. The number of imidazole rings is 1. The molecule has 0 aliphatic rings. The van der Waals surface area contributed by atoms with Crippen LogP contribution in [-0.4, -0.2) is 22.4 Å². The van der Waals surface area contributed by atoms with Crippen LogP contribution >= 0.6 is 11.8 Å². The number of nitrogens with zero attached hydrogens (tertiary/aromatic N) is 2. The van der Waals surface area contributed by atoms with Gasteiger partial charge in [0.1, 0.15) is 17.3 Å². The minimum Gasteiger partial charge on any atom is -0.464 e. The van der Waals surface area contributed by atoms with Gasteiger partial charge in [0.25, 0.3) is 0 Å². The standard InChI is InChI=1S/C13H19N3OS/c1-16-8-7-15-13(16)5-6-14-9-11-3-4-12(17-11)10-18-2/h3-4,7-8,14H,5-6,9-10H2,1-2H3. The highest BCUT2D eigenvalue weighted by molar-refractivity contribution is 7.97. The van der Waals surface area contributed by atoms with Gasteiger partial charge in [-0.1, -0.05) is 0 Å². The van der Waals surface area contributed by atoms with Crippen molar-refractivity contribution in [1.82, 2.24) is 14.9 Å². The third kappa shape index (κ3) is 3.65. The van der Waals surface area contributed by atoms with Crippen LogP contribution in [0.1, 0.15) is 17.3 Å². The molecule has 0 bridgehead atoms. The molecule has 0 saturated carbocycles. The summed E-state index contributed by atoms with van der Waals surface area (Å²) in [5.74, 6) is 4.08. The van der Waals surface area contributed by atoms with Gasteiger partial charge in [0.05, 0.1) is 12.3 Å². The summed E-state index contributed by atoms with van der Waals surface area (Å²) in [6.07, 6.45) is 6.81. The first-order valence-electron chi connectivity index (χ1n) is 6.03. The summed E-state index contributed by atoms with van der Waals surface area (Å²) in [6, 6.07) is 4.09. The van der Waals surface area contributed by atoms with Gasteiger partial charge in [0, 0.05) is 32.4 Å². The maximum Gasteiger partial charge on any atom is 0.117 e. The van der Waals surface area contributed by atoms with Crippen molar-refractivity contribution in [3.63, 3.8) is 0 Å². The van der Waals surface area contributed by atoms with Crippen molar-refractivity contribution in [3.05, 3.63) is 41.9 Å². The first-order chi connectivity index (χ1) is 8.79. The molecule has 2 rings (SSSR count). The van der Waals surface area contributed by atoms with E-state index in [0.29, 0.717) is 0 Å². The Morgan fingerprint density at radius 1 is 1.39 bits per heavy atom. The molecule has 1 N–H and O–H groups in total. The zero-order valence-electron chi connectivity index (χ0n) is 10.8. The number of thioether (sulfide) groups is 1. The predicted molar refractivity (Wildman–Crippen MR) is 74.5 cm³/mol. The van der Waals surface area contributed by atoms with E-state index in [1.54, 1.807) is 11.8 Å². The largest absolute Gasteiger partial charge is 0.464 e. The number of nitrogens with one attached hydrogen (secondary N) is 1. The van der Waals surface area contributed by atoms with E-state index in [1.807, 2.05) is 36.1 Å². The van der Waals surface area contributed by atoms with Crippen molar-refractivity contribution in [1.29, 1.82) is 0 Å². The summed E-state index contributed by atoms with van der Waals surface area (Å²) in [6.45, 7) is 1.68.